The van der Waals surface area contributed by atoms with Gasteiger partial charge < -0.3 is 35.8 Å². The molecule has 0 unspecified atom stereocenters. The highest BCUT2D eigenvalue weighted by atomic mass is 16.3. The Bertz CT molecular complexity index is 1620. The predicted octanol–water partition coefficient (Wildman–Crippen LogP) is 1.51. The van der Waals surface area contributed by atoms with Crippen molar-refractivity contribution in [2.75, 3.05) is 33.1 Å². The lowest BCUT2D eigenvalue weighted by molar-refractivity contribution is -0.148. The van der Waals surface area contributed by atoms with Crippen LogP contribution >= 0.6 is 0 Å². The molecule has 1 aromatic carbocycles. The van der Waals surface area contributed by atoms with Crippen LogP contribution in [0, 0.1) is 16.7 Å². The summed E-state index contributed by atoms with van der Waals surface area (Å²) in [5, 5.41) is 40.9. The Morgan fingerprint density at radius 2 is 1.91 bits per heavy atom. The number of aryl methyl sites for hydroxylation is 1. The van der Waals surface area contributed by atoms with E-state index in [0.717, 1.165) is 5.69 Å². The van der Waals surface area contributed by atoms with E-state index in [4.69, 9.17) is 5.73 Å². The molecule has 1 amide bonds. The quantitative estimate of drug-likeness (QED) is 0.222. The number of ketones is 2. The first-order valence-electron chi connectivity index (χ1n) is 13.9. The summed E-state index contributed by atoms with van der Waals surface area (Å²) in [5.41, 5.74) is 4.30. The summed E-state index contributed by atoms with van der Waals surface area (Å²) in [7, 11) is 8.72. The van der Waals surface area contributed by atoms with Crippen molar-refractivity contribution in [2.45, 2.75) is 37.6 Å². The number of carbonyl (C=O) groups is 3. The maximum Gasteiger partial charge on any atom is 0.255 e. The number of likely N-dealkylation sites (N-methyl/N-ethyl adjacent to an activating group) is 1. The topological polar surface area (TPSA) is 191 Å². The second-order valence-corrected chi connectivity index (χ2v) is 11.9. The van der Waals surface area contributed by atoms with Crippen molar-refractivity contribution in [3.63, 3.8) is 0 Å². The van der Waals surface area contributed by atoms with Gasteiger partial charge in [0.05, 0.1) is 11.6 Å². The fourth-order valence-electron chi connectivity index (χ4n) is 7.00. The molecule has 3 aliphatic carbocycles. The Morgan fingerprint density at radius 3 is 2.47 bits per heavy atom. The lowest BCUT2D eigenvalue weighted by Gasteiger charge is -2.50. The molecule has 2 aromatic rings. The second-order valence-electron chi connectivity index (χ2n) is 11.9. The van der Waals surface area contributed by atoms with Gasteiger partial charge in [-0.25, -0.2) is 0 Å². The van der Waals surface area contributed by atoms with Crippen molar-refractivity contribution in [3.05, 3.63) is 74.4 Å². The second kappa shape index (κ2) is 10.7. The number of allylic oxidation sites excluding steroid dienone is 1. The van der Waals surface area contributed by atoms with Gasteiger partial charge in [-0.05, 0) is 67.4 Å². The summed E-state index contributed by atoms with van der Waals surface area (Å²) < 4.78 is 1.95. The Morgan fingerprint density at radius 1 is 1.21 bits per heavy atom. The number of benzene rings is 1. The van der Waals surface area contributed by atoms with E-state index in [9.17, 15) is 34.6 Å². The molecule has 0 saturated carbocycles. The molecule has 228 valence electrons. The van der Waals surface area contributed by atoms with Gasteiger partial charge in [0.1, 0.15) is 22.8 Å². The summed E-state index contributed by atoms with van der Waals surface area (Å²) >= 11 is 0. The zero-order chi connectivity index (χ0) is 31.5. The van der Waals surface area contributed by atoms with Crippen molar-refractivity contribution < 1.29 is 29.7 Å². The molecule has 0 radical (unpaired) electrons. The predicted molar refractivity (Wildman–Crippen MR) is 158 cm³/mol. The smallest absolute Gasteiger partial charge is 0.255 e. The van der Waals surface area contributed by atoms with Crippen LogP contribution in [0.25, 0.3) is 0 Å². The third-order valence-corrected chi connectivity index (χ3v) is 9.02. The number of fused-ring (bicyclic) bond motifs is 3. The van der Waals surface area contributed by atoms with E-state index in [-0.39, 0.29) is 36.2 Å². The van der Waals surface area contributed by atoms with Gasteiger partial charge in [-0.3, -0.25) is 19.3 Å². The minimum atomic E-state index is -2.70. The number of amides is 1. The van der Waals surface area contributed by atoms with Gasteiger partial charge in [0.25, 0.3) is 5.91 Å². The monoisotopic (exact) mass is 592 g/mol. The van der Waals surface area contributed by atoms with E-state index in [1.165, 1.54) is 4.90 Å². The number of aromatic nitrogens is 1. The Hall–Kier alpha value is -4.33. The minimum absolute atomic E-state index is 0.00218. The van der Waals surface area contributed by atoms with E-state index < -0.39 is 58.0 Å². The van der Waals surface area contributed by atoms with Crippen molar-refractivity contribution in [3.8, 4) is 0 Å². The summed E-state index contributed by atoms with van der Waals surface area (Å²) in [5.74, 6) is -6.53. The fraction of sp³-hybridized carbons (Fsp3) is 0.433. The first-order chi connectivity index (χ1) is 20.2. The number of hydrogen-bond donors (Lipinski definition) is 5. The molecule has 0 aliphatic heterocycles. The van der Waals surface area contributed by atoms with Crippen LogP contribution in [0.1, 0.15) is 33.6 Å². The van der Waals surface area contributed by atoms with Gasteiger partial charge in [0, 0.05) is 63.3 Å². The number of primary amides is 1. The summed E-state index contributed by atoms with van der Waals surface area (Å²) in [4.78, 5) is 55.6. The fourth-order valence-corrected chi connectivity index (χ4v) is 7.00. The highest BCUT2D eigenvalue weighted by Gasteiger charge is 2.63. The zero-order valence-electron chi connectivity index (χ0n) is 24.7. The van der Waals surface area contributed by atoms with Crippen molar-refractivity contribution >= 4 is 28.8 Å². The van der Waals surface area contributed by atoms with Gasteiger partial charge in [0.2, 0.25) is 5.78 Å². The molecule has 43 heavy (non-hydrogen) atoms. The number of rotatable bonds is 8. The number of nitroso groups, excluding NO2 is 1. The Balaban J connectivity index is 1.65. The largest absolute Gasteiger partial charge is 0.510 e. The van der Waals surface area contributed by atoms with Crippen LogP contribution in [0.2, 0.25) is 0 Å². The van der Waals surface area contributed by atoms with Gasteiger partial charge in [-0.15, -0.1) is 4.91 Å². The van der Waals surface area contributed by atoms with Crippen molar-refractivity contribution in [1.29, 1.82) is 0 Å². The van der Waals surface area contributed by atoms with Gasteiger partial charge in [-0.1, -0.05) is 0 Å². The number of hydrogen-bond acceptors (Lipinski definition) is 11. The molecule has 0 saturated heterocycles. The van der Waals surface area contributed by atoms with Crippen LogP contribution in [0.4, 0.5) is 11.4 Å². The normalized spacial score (nSPS) is 25.0. The number of aliphatic hydroxyl groups excluding tert-OH is 2. The third-order valence-electron chi connectivity index (χ3n) is 9.02. The molecule has 5 rings (SSSR count). The minimum Gasteiger partial charge on any atom is -0.510 e. The molecule has 0 fully saturated rings. The summed E-state index contributed by atoms with van der Waals surface area (Å²) in [6.07, 6.45) is 2.13. The molecular formula is C30H36N6O7. The molecular weight excluding hydrogens is 556 g/mol. The highest BCUT2D eigenvalue weighted by molar-refractivity contribution is 6.25. The number of aliphatic hydroxyl groups is 3. The molecule has 1 aromatic heterocycles. The van der Waals surface area contributed by atoms with E-state index in [2.05, 4.69) is 10.5 Å². The van der Waals surface area contributed by atoms with Gasteiger partial charge in [0.15, 0.2) is 11.4 Å². The van der Waals surface area contributed by atoms with Gasteiger partial charge >= 0.3 is 0 Å². The third kappa shape index (κ3) is 4.46. The molecule has 3 aliphatic rings. The lowest BCUT2D eigenvalue weighted by atomic mass is 9.58. The SMILES string of the molecule is CN(C)c1cc(CNCc2cccn2C)c(N=O)c2c1C[C@H]1C[C@H]3[C@H](N(C)C)C(O)=C(C(N)=O)C(=O)[C@@]3(O)C(O)=C1C2=O. The Kier molecular flexibility index (Phi) is 7.53. The molecule has 4 atom stereocenters. The maximum atomic E-state index is 14.2. The molecule has 0 spiro atoms. The summed E-state index contributed by atoms with van der Waals surface area (Å²) in [6.45, 7) is 0.702. The number of nitrogens with zero attached hydrogens (tertiary/aromatic N) is 4. The number of nitrogens with two attached hydrogens (primary N) is 1. The number of carbonyl (C=O) groups excluding carboxylic acids is 3. The van der Waals surface area contributed by atoms with Crippen LogP contribution < -0.4 is 16.0 Å². The molecule has 13 heteroatoms. The number of nitrogens with one attached hydrogen (secondary N) is 1. The first kappa shape index (κ1) is 30.1. The molecule has 1 heterocycles. The van der Waals surface area contributed by atoms with E-state index in [0.29, 0.717) is 23.4 Å². The standard InChI is InChI=1S/C30H36N6O7/c1-34(2)19-11-15(12-32-13-16-7-6-8-36(16)5)23(33-43)21-17(19)9-14-10-18-24(35(3)4)26(38)22(29(31)41)28(40)30(18,42)27(39)20(14)25(21)37/h6-8,11,14,18,24,32,38-39,42H,9-10,12-13H2,1-5H3,(H2,31,41)/t14-,18-,24-,30-/m0/s1. The zero-order valence-corrected chi connectivity index (χ0v) is 24.7. The molecule has 6 N–H and O–H groups in total. The maximum absolute atomic E-state index is 14.2. The van der Waals surface area contributed by atoms with E-state index in [1.807, 2.05) is 55.0 Å². The lowest BCUT2D eigenvalue weighted by Crippen LogP contribution is -2.63. The average molecular weight is 593 g/mol. The van der Waals surface area contributed by atoms with Crippen LogP contribution in [-0.2, 0) is 36.1 Å². The summed E-state index contributed by atoms with van der Waals surface area (Å²) in [6, 6.07) is 4.63. The molecule has 13 nitrogen and oxygen atoms in total. The average Bonchev–Trinajstić information content (AvgIpc) is 3.34. The highest BCUT2D eigenvalue weighted by Crippen LogP contribution is 2.53. The van der Waals surface area contributed by atoms with Gasteiger partial charge in [-0.2, -0.15) is 0 Å². The van der Waals surface area contributed by atoms with Crippen molar-refractivity contribution in [2.24, 2.45) is 29.8 Å². The first-order valence-corrected chi connectivity index (χ1v) is 13.9. The number of Topliss-reactive ketones (excluding diaryl/α,β-unsaturated/α-hetero) is 2. The van der Waals surface area contributed by atoms with Crippen LogP contribution in [-0.4, -0.2) is 82.1 Å². The van der Waals surface area contributed by atoms with Crippen molar-refractivity contribution in [1.82, 2.24) is 14.8 Å². The number of anilines is 1. The van der Waals surface area contributed by atoms with Crippen LogP contribution in [0.3, 0.4) is 0 Å². The van der Waals surface area contributed by atoms with E-state index in [1.54, 1.807) is 14.1 Å². The van der Waals surface area contributed by atoms with Crippen LogP contribution in [0.5, 0.6) is 0 Å². The van der Waals surface area contributed by atoms with Crippen LogP contribution in [0.15, 0.2) is 52.2 Å². The molecule has 0 bridgehead atoms. The van der Waals surface area contributed by atoms with E-state index >= 15 is 0 Å². The Labute approximate surface area is 248 Å².